The highest BCUT2D eigenvalue weighted by atomic mass is 127. The molecule has 64 valence electrons. The summed E-state index contributed by atoms with van der Waals surface area (Å²) in [5.74, 6) is 0.997. The molecule has 1 aliphatic heterocycles. The standard InChI is InChI=1S/C9H10INO/c10-7-1-2-9-6(3-7)4-8(11)5-12-9/h1-3,8H,4-5,11H2/t8-/m1/s1. The molecule has 3 heteroatoms. The zero-order valence-corrected chi connectivity index (χ0v) is 8.74. The summed E-state index contributed by atoms with van der Waals surface area (Å²) >= 11 is 2.30. The second-order valence-electron chi connectivity index (χ2n) is 3.03. The van der Waals surface area contributed by atoms with E-state index in [-0.39, 0.29) is 6.04 Å². The molecule has 0 bridgehead atoms. The van der Waals surface area contributed by atoms with Gasteiger partial charge < -0.3 is 10.5 Å². The Morgan fingerprint density at radius 2 is 2.33 bits per heavy atom. The normalized spacial score (nSPS) is 21.3. The number of benzene rings is 1. The van der Waals surface area contributed by atoms with Crippen LogP contribution in [0.2, 0.25) is 0 Å². The Morgan fingerprint density at radius 1 is 1.50 bits per heavy atom. The van der Waals surface area contributed by atoms with Gasteiger partial charge in [0.1, 0.15) is 12.4 Å². The fraction of sp³-hybridized carbons (Fsp3) is 0.333. The Hall–Kier alpha value is -0.290. The van der Waals surface area contributed by atoms with Crippen molar-refractivity contribution in [2.24, 2.45) is 5.73 Å². The molecule has 1 heterocycles. The second-order valence-corrected chi connectivity index (χ2v) is 4.27. The molecule has 2 nitrogen and oxygen atoms in total. The van der Waals surface area contributed by atoms with Crippen LogP contribution in [0.4, 0.5) is 0 Å². The van der Waals surface area contributed by atoms with Gasteiger partial charge in [0, 0.05) is 9.61 Å². The Labute approximate surface area is 85.2 Å². The molecular weight excluding hydrogens is 265 g/mol. The first-order chi connectivity index (χ1) is 5.75. The average Bonchev–Trinajstić information content (AvgIpc) is 2.03. The molecule has 1 aliphatic rings. The monoisotopic (exact) mass is 275 g/mol. The molecule has 0 spiro atoms. The summed E-state index contributed by atoms with van der Waals surface area (Å²) in [4.78, 5) is 0. The molecule has 0 fully saturated rings. The van der Waals surface area contributed by atoms with E-state index in [4.69, 9.17) is 10.5 Å². The fourth-order valence-electron chi connectivity index (χ4n) is 1.39. The van der Waals surface area contributed by atoms with E-state index in [9.17, 15) is 0 Å². The van der Waals surface area contributed by atoms with Crippen molar-refractivity contribution in [3.05, 3.63) is 27.3 Å². The molecule has 1 aromatic rings. The Balaban J connectivity index is 2.37. The van der Waals surface area contributed by atoms with Gasteiger partial charge in [-0.1, -0.05) is 0 Å². The Kier molecular flexibility index (Phi) is 2.23. The van der Waals surface area contributed by atoms with Crippen LogP contribution in [0.3, 0.4) is 0 Å². The summed E-state index contributed by atoms with van der Waals surface area (Å²) in [6.07, 6.45) is 0.937. The van der Waals surface area contributed by atoms with Gasteiger partial charge in [0.25, 0.3) is 0 Å². The third-order valence-corrected chi connectivity index (χ3v) is 2.63. The van der Waals surface area contributed by atoms with Crippen LogP contribution < -0.4 is 10.5 Å². The molecule has 0 amide bonds. The number of ether oxygens (including phenoxy) is 1. The van der Waals surface area contributed by atoms with Gasteiger partial charge in [0.15, 0.2) is 0 Å². The summed E-state index contributed by atoms with van der Waals surface area (Å²) < 4.78 is 6.70. The quantitative estimate of drug-likeness (QED) is 0.729. The number of nitrogens with two attached hydrogens (primary N) is 1. The maximum atomic E-state index is 5.77. The highest BCUT2D eigenvalue weighted by Gasteiger charge is 2.15. The lowest BCUT2D eigenvalue weighted by molar-refractivity contribution is 0.263. The third-order valence-electron chi connectivity index (χ3n) is 1.96. The first-order valence-corrected chi connectivity index (χ1v) is 5.00. The van der Waals surface area contributed by atoms with Gasteiger partial charge in [-0.15, -0.1) is 0 Å². The summed E-state index contributed by atoms with van der Waals surface area (Å²) in [7, 11) is 0. The van der Waals surface area contributed by atoms with Crippen molar-refractivity contribution in [3.8, 4) is 5.75 Å². The minimum absolute atomic E-state index is 0.163. The fourth-order valence-corrected chi connectivity index (χ4v) is 1.94. The van der Waals surface area contributed by atoms with Crippen LogP contribution in [0.1, 0.15) is 5.56 Å². The molecule has 2 N–H and O–H groups in total. The van der Waals surface area contributed by atoms with Gasteiger partial charge in [-0.25, -0.2) is 0 Å². The van der Waals surface area contributed by atoms with Crippen LogP contribution in [0.15, 0.2) is 18.2 Å². The molecule has 0 radical (unpaired) electrons. The van der Waals surface area contributed by atoms with E-state index in [1.54, 1.807) is 0 Å². The zero-order valence-electron chi connectivity index (χ0n) is 6.59. The molecule has 1 atom stereocenters. The van der Waals surface area contributed by atoms with E-state index >= 15 is 0 Å². The number of hydrogen-bond donors (Lipinski definition) is 1. The van der Waals surface area contributed by atoms with E-state index in [0.717, 1.165) is 12.2 Å². The van der Waals surface area contributed by atoms with Gasteiger partial charge in [-0.3, -0.25) is 0 Å². The smallest absolute Gasteiger partial charge is 0.122 e. The van der Waals surface area contributed by atoms with Crippen LogP contribution in [0.25, 0.3) is 0 Å². The van der Waals surface area contributed by atoms with Crippen molar-refractivity contribution in [2.75, 3.05) is 6.61 Å². The number of hydrogen-bond acceptors (Lipinski definition) is 2. The number of halogens is 1. The molecule has 0 saturated heterocycles. The van der Waals surface area contributed by atoms with Gasteiger partial charge in [-0.2, -0.15) is 0 Å². The lowest BCUT2D eigenvalue weighted by atomic mass is 10.0. The van der Waals surface area contributed by atoms with Crippen LogP contribution >= 0.6 is 22.6 Å². The van der Waals surface area contributed by atoms with E-state index < -0.39 is 0 Å². The number of fused-ring (bicyclic) bond motifs is 1. The van der Waals surface area contributed by atoms with Gasteiger partial charge >= 0.3 is 0 Å². The minimum Gasteiger partial charge on any atom is -0.492 e. The SMILES string of the molecule is N[C@H]1COc2ccc(I)cc2C1. The van der Waals surface area contributed by atoms with Crippen molar-refractivity contribution in [1.82, 2.24) is 0 Å². The first kappa shape index (κ1) is 8.31. The van der Waals surface area contributed by atoms with Crippen LogP contribution in [0, 0.1) is 3.57 Å². The molecular formula is C9H10INO. The summed E-state index contributed by atoms with van der Waals surface area (Å²) in [6.45, 7) is 0.646. The Bertz CT molecular complexity index is 301. The van der Waals surface area contributed by atoms with Crippen LogP contribution in [-0.4, -0.2) is 12.6 Å². The maximum Gasteiger partial charge on any atom is 0.122 e. The van der Waals surface area contributed by atoms with E-state index in [0.29, 0.717) is 6.61 Å². The predicted molar refractivity (Wildman–Crippen MR) is 56.3 cm³/mol. The lowest BCUT2D eigenvalue weighted by Gasteiger charge is -2.22. The van der Waals surface area contributed by atoms with E-state index in [1.807, 2.05) is 6.07 Å². The largest absolute Gasteiger partial charge is 0.492 e. The lowest BCUT2D eigenvalue weighted by Crippen LogP contribution is -2.33. The molecule has 12 heavy (non-hydrogen) atoms. The highest BCUT2D eigenvalue weighted by Crippen LogP contribution is 2.25. The summed E-state index contributed by atoms with van der Waals surface area (Å²) in [5.41, 5.74) is 7.01. The van der Waals surface area contributed by atoms with E-state index in [1.165, 1.54) is 9.13 Å². The highest BCUT2D eigenvalue weighted by molar-refractivity contribution is 14.1. The second kappa shape index (κ2) is 3.22. The topological polar surface area (TPSA) is 35.2 Å². The average molecular weight is 275 g/mol. The molecule has 0 unspecified atom stereocenters. The van der Waals surface area contributed by atoms with Crippen molar-refractivity contribution < 1.29 is 4.74 Å². The minimum atomic E-state index is 0.163. The molecule has 0 aliphatic carbocycles. The van der Waals surface area contributed by atoms with Crippen molar-refractivity contribution >= 4 is 22.6 Å². The summed E-state index contributed by atoms with van der Waals surface area (Å²) in [6, 6.07) is 6.37. The van der Waals surface area contributed by atoms with Crippen molar-refractivity contribution in [3.63, 3.8) is 0 Å². The van der Waals surface area contributed by atoms with Crippen LogP contribution in [-0.2, 0) is 6.42 Å². The molecule has 1 aromatic carbocycles. The zero-order chi connectivity index (χ0) is 8.55. The molecule has 2 rings (SSSR count). The van der Waals surface area contributed by atoms with Gasteiger partial charge in [-0.05, 0) is 52.8 Å². The van der Waals surface area contributed by atoms with E-state index in [2.05, 4.69) is 34.7 Å². The maximum absolute atomic E-state index is 5.77. The van der Waals surface area contributed by atoms with Gasteiger partial charge in [0.2, 0.25) is 0 Å². The Morgan fingerprint density at radius 3 is 3.17 bits per heavy atom. The first-order valence-electron chi connectivity index (χ1n) is 3.92. The van der Waals surface area contributed by atoms with Crippen LogP contribution in [0.5, 0.6) is 5.75 Å². The predicted octanol–water partition coefficient (Wildman–Crippen LogP) is 1.55. The van der Waals surface area contributed by atoms with Crippen molar-refractivity contribution in [2.45, 2.75) is 12.5 Å². The summed E-state index contributed by atoms with van der Waals surface area (Å²) in [5, 5.41) is 0. The van der Waals surface area contributed by atoms with Crippen molar-refractivity contribution in [1.29, 1.82) is 0 Å². The molecule has 0 aromatic heterocycles. The molecule has 0 saturated carbocycles. The third kappa shape index (κ3) is 1.56. The van der Waals surface area contributed by atoms with Gasteiger partial charge in [0.05, 0.1) is 0 Å². The number of rotatable bonds is 0.